The fraction of sp³-hybridized carbons (Fsp3) is 0.400. The minimum absolute atomic E-state index is 0.229. The maximum absolute atomic E-state index is 6.63. The predicted molar refractivity (Wildman–Crippen MR) is 94.0 cm³/mol. The highest BCUT2D eigenvalue weighted by Crippen LogP contribution is 2.47. The van der Waals surface area contributed by atoms with Crippen molar-refractivity contribution in [2.75, 3.05) is 7.05 Å². The summed E-state index contributed by atoms with van der Waals surface area (Å²) in [5.41, 5.74) is 1.06. The highest BCUT2D eigenvalue weighted by molar-refractivity contribution is 6.30. The number of piperidine rings is 1. The highest BCUT2D eigenvalue weighted by Gasteiger charge is 2.49. The minimum Gasteiger partial charge on any atom is -0.482 e. The Morgan fingerprint density at radius 2 is 1.57 bits per heavy atom. The van der Waals surface area contributed by atoms with Crippen LogP contribution < -0.4 is 4.74 Å². The molecule has 2 nitrogen and oxygen atoms in total. The number of halogens is 1. The maximum Gasteiger partial charge on any atom is 0.137 e. The molecule has 0 aromatic heterocycles. The van der Waals surface area contributed by atoms with Crippen LogP contribution in [0.3, 0.4) is 0 Å². The van der Waals surface area contributed by atoms with E-state index >= 15 is 0 Å². The average molecular weight is 328 g/mol. The third kappa shape index (κ3) is 2.75. The number of rotatable bonds is 3. The molecule has 3 heteroatoms. The van der Waals surface area contributed by atoms with Gasteiger partial charge in [0.1, 0.15) is 11.4 Å². The van der Waals surface area contributed by atoms with Gasteiger partial charge < -0.3 is 9.64 Å². The van der Waals surface area contributed by atoms with Crippen LogP contribution in [0.25, 0.3) is 0 Å². The molecule has 4 rings (SSSR count). The van der Waals surface area contributed by atoms with E-state index < -0.39 is 0 Å². The van der Waals surface area contributed by atoms with Crippen molar-refractivity contribution in [2.45, 2.75) is 43.4 Å². The van der Waals surface area contributed by atoms with Crippen LogP contribution in [-0.4, -0.2) is 24.0 Å². The van der Waals surface area contributed by atoms with Gasteiger partial charge in [0.05, 0.1) is 0 Å². The van der Waals surface area contributed by atoms with E-state index in [-0.39, 0.29) is 5.60 Å². The van der Waals surface area contributed by atoms with E-state index in [0.717, 1.165) is 23.6 Å². The summed E-state index contributed by atoms with van der Waals surface area (Å²) < 4.78 is 6.63. The van der Waals surface area contributed by atoms with Gasteiger partial charge in [0.15, 0.2) is 0 Å². The molecule has 2 aromatic rings. The lowest BCUT2D eigenvalue weighted by atomic mass is 9.80. The van der Waals surface area contributed by atoms with Crippen molar-refractivity contribution in [2.24, 2.45) is 0 Å². The lowest BCUT2D eigenvalue weighted by molar-refractivity contribution is -0.0283. The smallest absolute Gasteiger partial charge is 0.137 e. The molecule has 0 spiro atoms. The summed E-state index contributed by atoms with van der Waals surface area (Å²) in [6.07, 6.45) is 4.65. The van der Waals surface area contributed by atoms with Crippen molar-refractivity contribution in [1.29, 1.82) is 0 Å². The van der Waals surface area contributed by atoms with E-state index in [1.807, 2.05) is 24.3 Å². The lowest BCUT2D eigenvalue weighted by Gasteiger charge is -2.45. The lowest BCUT2D eigenvalue weighted by Crippen LogP contribution is -2.50. The summed E-state index contributed by atoms with van der Waals surface area (Å²) in [5, 5.41) is 0.745. The van der Waals surface area contributed by atoms with Gasteiger partial charge in [-0.1, -0.05) is 41.9 Å². The second-order valence-electron chi connectivity index (χ2n) is 6.88. The molecule has 0 radical (unpaired) electrons. The summed E-state index contributed by atoms with van der Waals surface area (Å²) >= 11 is 6.02. The van der Waals surface area contributed by atoms with Gasteiger partial charge in [-0.15, -0.1) is 0 Å². The van der Waals surface area contributed by atoms with E-state index in [9.17, 15) is 0 Å². The fourth-order valence-electron chi connectivity index (χ4n) is 4.27. The Morgan fingerprint density at radius 1 is 0.957 bits per heavy atom. The van der Waals surface area contributed by atoms with Crippen molar-refractivity contribution in [1.82, 2.24) is 4.90 Å². The quantitative estimate of drug-likeness (QED) is 0.797. The van der Waals surface area contributed by atoms with Crippen LogP contribution in [0.5, 0.6) is 5.75 Å². The monoisotopic (exact) mass is 327 g/mol. The van der Waals surface area contributed by atoms with Crippen molar-refractivity contribution >= 4 is 11.6 Å². The van der Waals surface area contributed by atoms with Gasteiger partial charge in [-0.3, -0.25) is 0 Å². The van der Waals surface area contributed by atoms with Crippen molar-refractivity contribution < 1.29 is 4.74 Å². The van der Waals surface area contributed by atoms with Crippen LogP contribution in [0.4, 0.5) is 0 Å². The number of hydrogen-bond acceptors (Lipinski definition) is 2. The summed E-state index contributed by atoms with van der Waals surface area (Å²) in [6, 6.07) is 19.7. The Hall–Kier alpha value is -1.51. The second kappa shape index (κ2) is 5.85. The van der Waals surface area contributed by atoms with Gasteiger partial charge >= 0.3 is 0 Å². The molecule has 2 saturated heterocycles. The number of hydrogen-bond donors (Lipinski definition) is 0. The van der Waals surface area contributed by atoms with Crippen LogP contribution in [0, 0.1) is 0 Å². The zero-order chi connectivity index (χ0) is 15.9. The molecule has 0 amide bonds. The van der Waals surface area contributed by atoms with E-state index in [2.05, 4.69) is 42.3 Å². The van der Waals surface area contributed by atoms with Crippen molar-refractivity contribution in [3.8, 4) is 5.75 Å². The first-order valence-electron chi connectivity index (χ1n) is 8.38. The van der Waals surface area contributed by atoms with Crippen molar-refractivity contribution in [3.63, 3.8) is 0 Å². The first kappa shape index (κ1) is 15.0. The molecule has 2 aliphatic rings. The van der Waals surface area contributed by atoms with Crippen molar-refractivity contribution in [3.05, 3.63) is 65.2 Å². The Bertz CT molecular complexity index is 656. The van der Waals surface area contributed by atoms with Gasteiger partial charge in [0, 0.05) is 29.9 Å². The SMILES string of the molecule is CN1C2CCC1CC(Oc1ccc(Cl)cc1)(c1ccccc1)C2. The third-order valence-electron chi connectivity index (χ3n) is 5.54. The van der Waals surface area contributed by atoms with Crippen LogP contribution in [0.15, 0.2) is 54.6 Å². The van der Waals surface area contributed by atoms with Gasteiger partial charge in [0.2, 0.25) is 0 Å². The molecule has 2 bridgehead atoms. The summed E-state index contributed by atoms with van der Waals surface area (Å²) in [5.74, 6) is 0.905. The van der Waals surface area contributed by atoms with Crippen LogP contribution in [-0.2, 0) is 5.60 Å². The molecule has 0 aliphatic carbocycles. The third-order valence-corrected chi connectivity index (χ3v) is 5.79. The molecule has 120 valence electrons. The highest BCUT2D eigenvalue weighted by atomic mass is 35.5. The molecular formula is C20H22ClNO. The molecule has 2 aromatic carbocycles. The topological polar surface area (TPSA) is 12.5 Å². The predicted octanol–water partition coefficient (Wildman–Crippen LogP) is 4.87. The zero-order valence-electron chi connectivity index (χ0n) is 13.4. The van der Waals surface area contributed by atoms with E-state index in [1.54, 1.807) is 0 Å². The van der Waals surface area contributed by atoms with E-state index in [0.29, 0.717) is 12.1 Å². The summed E-state index contributed by atoms with van der Waals surface area (Å²) in [6.45, 7) is 0. The molecule has 2 fully saturated rings. The Balaban J connectivity index is 1.71. The minimum atomic E-state index is -0.229. The summed E-state index contributed by atoms with van der Waals surface area (Å²) in [4.78, 5) is 2.55. The van der Waals surface area contributed by atoms with Gasteiger partial charge in [-0.2, -0.15) is 0 Å². The zero-order valence-corrected chi connectivity index (χ0v) is 14.2. The number of benzene rings is 2. The molecule has 2 atom stereocenters. The molecule has 0 saturated carbocycles. The Labute approximate surface area is 143 Å². The number of nitrogens with zero attached hydrogens (tertiary/aromatic N) is 1. The number of fused-ring (bicyclic) bond motifs is 2. The molecule has 2 aliphatic heterocycles. The molecule has 2 unspecified atom stereocenters. The van der Waals surface area contributed by atoms with Gasteiger partial charge in [-0.25, -0.2) is 0 Å². The van der Waals surface area contributed by atoms with Crippen LogP contribution in [0.2, 0.25) is 5.02 Å². The fourth-order valence-corrected chi connectivity index (χ4v) is 4.40. The average Bonchev–Trinajstić information content (AvgIpc) is 2.80. The van der Waals surface area contributed by atoms with E-state index in [1.165, 1.54) is 18.4 Å². The number of ether oxygens (including phenoxy) is 1. The van der Waals surface area contributed by atoms with Crippen LogP contribution in [0.1, 0.15) is 31.2 Å². The first-order valence-corrected chi connectivity index (χ1v) is 8.76. The molecular weight excluding hydrogens is 306 g/mol. The second-order valence-corrected chi connectivity index (χ2v) is 7.31. The van der Waals surface area contributed by atoms with E-state index in [4.69, 9.17) is 16.3 Å². The van der Waals surface area contributed by atoms with Gasteiger partial charge in [-0.05, 0) is 49.7 Å². The Morgan fingerprint density at radius 3 is 2.17 bits per heavy atom. The maximum atomic E-state index is 6.63. The van der Waals surface area contributed by atoms with Crippen LogP contribution >= 0.6 is 11.6 Å². The first-order chi connectivity index (χ1) is 11.2. The Kier molecular flexibility index (Phi) is 3.82. The molecule has 0 N–H and O–H groups in total. The molecule has 2 heterocycles. The van der Waals surface area contributed by atoms with Gasteiger partial charge in [0.25, 0.3) is 0 Å². The summed E-state index contributed by atoms with van der Waals surface area (Å²) in [7, 11) is 2.26. The normalized spacial score (nSPS) is 30.3. The molecule has 23 heavy (non-hydrogen) atoms. The standard InChI is InChI=1S/C20H22ClNO/c1-22-17-9-10-18(22)14-20(13-17,15-5-3-2-4-6-15)23-19-11-7-16(21)8-12-19/h2-8,11-12,17-18H,9-10,13-14H2,1H3. The largest absolute Gasteiger partial charge is 0.482 e.